The Morgan fingerprint density at radius 1 is 1.50 bits per heavy atom. The Hall–Kier alpha value is 0.145. The van der Waals surface area contributed by atoms with E-state index >= 15 is 0 Å². The van der Waals surface area contributed by atoms with E-state index in [2.05, 4.69) is 0 Å². The van der Waals surface area contributed by atoms with Crippen LogP contribution in [0.25, 0.3) is 0 Å². The number of phosphoric acid groups is 1. The van der Waals surface area contributed by atoms with Crippen molar-refractivity contribution in [2.45, 2.75) is 55.8 Å². The molecule has 0 amide bonds. The molecule has 2 aliphatic rings. The maximum Gasteiger partial charge on any atom is 0.472 e. The monoisotopic (exact) mass is 330 g/mol. The molecule has 5 radical (unpaired) electrons. The van der Waals surface area contributed by atoms with Crippen LogP contribution in [0.1, 0.15) is 14.7 Å². The van der Waals surface area contributed by atoms with E-state index in [1.54, 1.807) is 0 Å². The molecular formula is C10H17B3O8P. The fourth-order valence-corrected chi connectivity index (χ4v) is 3.25. The van der Waals surface area contributed by atoms with Gasteiger partial charge in [0.2, 0.25) is 0 Å². The van der Waals surface area contributed by atoms with Crippen LogP contribution in [0.4, 0.5) is 0 Å². The first-order chi connectivity index (χ1) is 10.8. The Balaban J connectivity index is 1.88. The van der Waals surface area contributed by atoms with E-state index in [9.17, 15) is 19.7 Å². The molecule has 0 saturated carbocycles. The van der Waals surface area contributed by atoms with E-state index in [0.29, 0.717) is 0 Å². The van der Waals surface area contributed by atoms with Gasteiger partial charge in [-0.05, 0) is 13.3 Å². The van der Waals surface area contributed by atoms with Crippen LogP contribution in [-0.4, -0.2) is 87.0 Å². The summed E-state index contributed by atoms with van der Waals surface area (Å²) in [5, 5.41) is 19.5. The van der Waals surface area contributed by atoms with Crippen LogP contribution in [0.2, 0.25) is 0 Å². The van der Waals surface area contributed by atoms with Crippen molar-refractivity contribution in [3.63, 3.8) is 0 Å². The van der Waals surface area contributed by atoms with Crippen LogP contribution in [0, 0.1) is 0 Å². The second-order valence-corrected chi connectivity index (χ2v) is 6.58. The molecule has 2 saturated heterocycles. The van der Waals surface area contributed by atoms with Crippen LogP contribution >= 0.6 is 7.82 Å². The highest BCUT2D eigenvalue weighted by Gasteiger charge is 2.44. The second kappa shape index (κ2) is 7.36. The van der Waals surface area contributed by atoms with Crippen molar-refractivity contribution in [2.24, 2.45) is 0 Å². The summed E-state index contributed by atoms with van der Waals surface area (Å²) in [5.74, 6) is 0. The Morgan fingerprint density at radius 3 is 2.82 bits per heavy atom. The Kier molecular flexibility index (Phi) is 5.68. The lowest BCUT2D eigenvalue weighted by Gasteiger charge is -2.23. The molecule has 0 bridgehead atoms. The minimum absolute atomic E-state index is 0.256. The maximum absolute atomic E-state index is 12.0. The lowest BCUT2D eigenvalue weighted by atomic mass is 9.51. The SMILES string of the molecule is [2H]C[C@H]1O[C@@H]([B])[C@@H](O)C1OP(=O)(O)OC[C@H]1O[C@@H]([B][B])CC1O. The summed E-state index contributed by atoms with van der Waals surface area (Å²) in [6, 6.07) is -1.58. The van der Waals surface area contributed by atoms with E-state index < -0.39 is 57.0 Å². The van der Waals surface area contributed by atoms with Crippen molar-refractivity contribution in [1.82, 2.24) is 0 Å². The summed E-state index contributed by atoms with van der Waals surface area (Å²) in [6.45, 7) is -0.714. The van der Waals surface area contributed by atoms with E-state index in [-0.39, 0.29) is 13.3 Å². The smallest absolute Gasteiger partial charge is 0.390 e. The first-order valence-corrected chi connectivity index (χ1v) is 8.19. The third-order valence-corrected chi connectivity index (χ3v) is 4.48. The zero-order valence-electron chi connectivity index (χ0n) is 12.7. The number of rotatable bonds is 6. The van der Waals surface area contributed by atoms with Gasteiger partial charge in [-0.1, -0.05) is 0 Å². The molecule has 8 nitrogen and oxygen atoms in total. The second-order valence-electron chi connectivity index (χ2n) is 5.17. The van der Waals surface area contributed by atoms with Crippen LogP contribution in [0.3, 0.4) is 0 Å². The van der Waals surface area contributed by atoms with Gasteiger partial charge in [0.25, 0.3) is 0 Å². The summed E-state index contributed by atoms with van der Waals surface area (Å²) < 4.78 is 39.3. The number of hydrogen-bond acceptors (Lipinski definition) is 7. The number of aliphatic hydroxyl groups excluding tert-OH is 2. The Labute approximate surface area is 133 Å². The molecule has 12 heteroatoms. The maximum atomic E-state index is 12.0. The number of phosphoric ester groups is 1. The molecule has 0 aromatic heterocycles. The van der Waals surface area contributed by atoms with Crippen molar-refractivity contribution in [1.29, 1.82) is 0 Å². The van der Waals surface area contributed by atoms with E-state index in [1.165, 1.54) is 7.17 Å². The molecule has 2 fully saturated rings. The number of hydrogen-bond donors (Lipinski definition) is 3. The van der Waals surface area contributed by atoms with E-state index in [1.807, 2.05) is 0 Å². The molecule has 3 unspecified atom stereocenters. The molecule has 0 aromatic carbocycles. The van der Waals surface area contributed by atoms with Gasteiger partial charge in [-0.25, -0.2) is 4.57 Å². The predicted molar refractivity (Wildman–Crippen MR) is 77.5 cm³/mol. The third kappa shape index (κ3) is 4.36. The number of aliphatic hydroxyl groups is 2. The van der Waals surface area contributed by atoms with Crippen molar-refractivity contribution in [3.8, 4) is 0 Å². The molecule has 0 aliphatic carbocycles. The minimum atomic E-state index is -4.57. The average molecular weight is 330 g/mol. The fourth-order valence-electron chi connectivity index (χ4n) is 2.28. The van der Waals surface area contributed by atoms with Crippen molar-refractivity contribution >= 4 is 30.6 Å². The summed E-state index contributed by atoms with van der Waals surface area (Å²) in [5.41, 5.74) is 0. The van der Waals surface area contributed by atoms with Gasteiger partial charge < -0.3 is 24.6 Å². The highest BCUT2D eigenvalue weighted by atomic mass is 31.2. The lowest BCUT2D eigenvalue weighted by Crippen LogP contribution is -2.34. The van der Waals surface area contributed by atoms with Gasteiger partial charge in [0.05, 0.1) is 26.0 Å². The highest BCUT2D eigenvalue weighted by molar-refractivity contribution is 7.47. The first-order valence-electron chi connectivity index (χ1n) is 7.40. The fraction of sp³-hybridized carbons (Fsp3) is 1.00. The van der Waals surface area contributed by atoms with Crippen LogP contribution in [0.5, 0.6) is 0 Å². The molecule has 2 rings (SSSR count). The molecule has 119 valence electrons. The molecule has 8 atom stereocenters. The highest BCUT2D eigenvalue weighted by Crippen LogP contribution is 2.47. The summed E-state index contributed by atoms with van der Waals surface area (Å²) in [6.07, 6.45) is -5.05. The minimum Gasteiger partial charge on any atom is -0.390 e. The Morgan fingerprint density at radius 2 is 2.23 bits per heavy atom. The van der Waals surface area contributed by atoms with Gasteiger partial charge in [-0.2, -0.15) is 0 Å². The van der Waals surface area contributed by atoms with E-state index in [4.69, 9.17) is 35.5 Å². The summed E-state index contributed by atoms with van der Waals surface area (Å²) in [4.78, 5) is 9.73. The first kappa shape index (κ1) is 17.0. The summed E-state index contributed by atoms with van der Waals surface area (Å²) in [7, 11) is 7.46. The standard InChI is InChI=1S/C10H17B3O8P/c1-4-9(8(15)10(11)19-4)21-22(16,17)18-3-6-5(14)2-7(13-12)20-6/h4-10,14-15H,2-3H2,1H3,(H,16,17)/t4-,5?,6-,7-,8+,9?,10-/m1/s1/i1D. The molecule has 2 aliphatic heterocycles. The molecular weight excluding hydrogens is 312 g/mol. The van der Waals surface area contributed by atoms with Crippen molar-refractivity contribution in [2.75, 3.05) is 6.61 Å². The normalized spacial score (nSPS) is 45.4. The number of ether oxygens (including phenoxy) is 2. The predicted octanol–water partition coefficient (Wildman–Crippen LogP) is -1.97. The van der Waals surface area contributed by atoms with Crippen LogP contribution < -0.4 is 0 Å². The Bertz CT molecular complexity index is 448. The quantitative estimate of drug-likeness (QED) is 0.380. The lowest BCUT2D eigenvalue weighted by molar-refractivity contribution is -0.0213. The van der Waals surface area contributed by atoms with Gasteiger partial charge in [0, 0.05) is 21.1 Å². The van der Waals surface area contributed by atoms with E-state index in [0.717, 1.165) is 0 Å². The molecule has 0 spiro atoms. The molecule has 3 N–H and O–H groups in total. The molecule has 22 heavy (non-hydrogen) atoms. The molecule has 2 heterocycles. The van der Waals surface area contributed by atoms with Gasteiger partial charge in [-0.15, -0.1) is 0 Å². The molecule has 0 aromatic rings. The zero-order chi connectivity index (χ0) is 17.2. The topological polar surface area (TPSA) is 115 Å². The van der Waals surface area contributed by atoms with Gasteiger partial charge >= 0.3 is 7.82 Å². The third-order valence-electron chi connectivity index (χ3n) is 3.50. The van der Waals surface area contributed by atoms with Crippen molar-refractivity contribution < 1.29 is 39.6 Å². The average Bonchev–Trinajstić information content (AvgIpc) is 2.99. The zero-order valence-corrected chi connectivity index (χ0v) is 12.6. The van der Waals surface area contributed by atoms with Gasteiger partial charge in [-0.3, -0.25) is 9.05 Å². The van der Waals surface area contributed by atoms with Crippen LogP contribution in [-0.2, 0) is 23.1 Å². The van der Waals surface area contributed by atoms with Crippen LogP contribution in [0.15, 0.2) is 0 Å². The largest absolute Gasteiger partial charge is 0.472 e. The van der Waals surface area contributed by atoms with Gasteiger partial charge in [0.1, 0.15) is 26.2 Å². The summed E-state index contributed by atoms with van der Waals surface area (Å²) >= 11 is 0. The van der Waals surface area contributed by atoms with Crippen molar-refractivity contribution in [3.05, 3.63) is 0 Å². The van der Waals surface area contributed by atoms with Gasteiger partial charge in [0.15, 0.2) is 0 Å².